The molecule has 1 aromatic heterocycles. The Hall–Kier alpha value is -0.570. The van der Waals surface area contributed by atoms with Crippen LogP contribution in [0.2, 0.25) is 0 Å². The summed E-state index contributed by atoms with van der Waals surface area (Å²) in [6, 6.07) is 3.51. The van der Waals surface area contributed by atoms with Crippen molar-refractivity contribution < 1.29 is 26.7 Å². The molecule has 0 unspecified atom stereocenters. The minimum absolute atomic E-state index is 0. The molecule has 0 aliphatic rings. The van der Waals surface area contributed by atoms with Crippen LogP contribution in [0.1, 0.15) is 96.8 Å². The van der Waals surface area contributed by atoms with Crippen molar-refractivity contribution in [2.45, 2.75) is 103 Å². The van der Waals surface area contributed by atoms with E-state index in [1.165, 1.54) is 89.9 Å². The second-order valence-corrected chi connectivity index (χ2v) is 6.89. The van der Waals surface area contributed by atoms with Crippen LogP contribution in [-0.2, 0) is 6.54 Å². The third-order valence-corrected chi connectivity index (χ3v) is 4.64. The molecular weight excluding hydrogens is 362 g/mol. The van der Waals surface area contributed by atoms with Gasteiger partial charge in [-0.25, -0.2) is 4.57 Å². The Morgan fingerprint density at radius 2 is 1.04 bits per heavy atom. The van der Waals surface area contributed by atoms with Crippen LogP contribution in [0.5, 0.6) is 5.75 Å². The van der Waals surface area contributed by atoms with Crippen LogP contribution < -0.4 is 21.5 Å². The average Bonchev–Trinajstić information content (AvgIpc) is 2.57. The van der Waals surface area contributed by atoms with Crippen molar-refractivity contribution in [3.63, 3.8) is 0 Å². The summed E-state index contributed by atoms with van der Waals surface area (Å²) in [5.74, 6) is 0.349. The van der Waals surface area contributed by atoms with E-state index in [1.54, 1.807) is 12.1 Å². The number of aryl methyl sites for hydroxylation is 1. The zero-order chi connectivity index (χ0) is 16.6. The number of nitrogens with zero attached hydrogens (tertiary/aromatic N) is 1. The lowest BCUT2D eigenvalue weighted by Gasteiger charge is -2.03. The molecule has 1 aromatic rings. The summed E-state index contributed by atoms with van der Waals surface area (Å²) in [7, 11) is 0. The van der Waals surface area contributed by atoms with E-state index in [2.05, 4.69) is 11.5 Å². The summed E-state index contributed by atoms with van der Waals surface area (Å²) < 4.78 is 2.15. The van der Waals surface area contributed by atoms with E-state index < -0.39 is 0 Å². The van der Waals surface area contributed by atoms with Crippen molar-refractivity contribution in [3.05, 3.63) is 24.5 Å². The molecule has 1 N–H and O–H groups in total. The second-order valence-electron chi connectivity index (χ2n) is 6.89. The molecule has 0 bridgehead atoms. The molecule has 0 fully saturated rings. The Balaban J connectivity index is 0.00000529. The number of unbranched alkanes of at least 4 members (excludes halogenated alkanes) is 13. The first-order valence-electron chi connectivity index (χ1n) is 10.0. The zero-order valence-electron chi connectivity index (χ0n) is 15.7. The molecule has 0 amide bonds. The summed E-state index contributed by atoms with van der Waals surface area (Å²) in [6.07, 6.45) is 23.6. The fourth-order valence-corrected chi connectivity index (χ4v) is 3.09. The molecule has 1 heterocycles. The normalized spacial score (nSPS) is 10.5. The van der Waals surface area contributed by atoms with Crippen molar-refractivity contribution >= 4 is 0 Å². The first-order chi connectivity index (χ1) is 11.3. The number of rotatable bonds is 15. The summed E-state index contributed by atoms with van der Waals surface area (Å²) >= 11 is 0. The first-order valence-corrected chi connectivity index (χ1v) is 10.0. The number of halogens is 1. The monoisotopic (exact) mass is 399 g/mol. The fourth-order valence-electron chi connectivity index (χ4n) is 3.09. The van der Waals surface area contributed by atoms with Gasteiger partial charge in [0.05, 0.1) is 0 Å². The molecule has 0 radical (unpaired) electrons. The molecule has 0 aromatic carbocycles. The van der Waals surface area contributed by atoms with Crippen LogP contribution in [0.3, 0.4) is 0 Å². The van der Waals surface area contributed by atoms with Crippen molar-refractivity contribution in [1.82, 2.24) is 0 Å². The van der Waals surface area contributed by atoms with Gasteiger partial charge in [0.1, 0.15) is 12.3 Å². The number of aromatic nitrogens is 1. The van der Waals surface area contributed by atoms with E-state index in [1.807, 2.05) is 12.4 Å². The molecule has 24 heavy (non-hydrogen) atoms. The summed E-state index contributed by atoms with van der Waals surface area (Å²) in [5, 5.41) is 9.24. The highest BCUT2D eigenvalue weighted by molar-refractivity contribution is 5.11. The van der Waals surface area contributed by atoms with Crippen LogP contribution in [-0.4, -0.2) is 5.11 Å². The third-order valence-electron chi connectivity index (χ3n) is 4.64. The maximum absolute atomic E-state index is 9.24. The zero-order valence-corrected chi connectivity index (χ0v) is 17.3. The number of hydrogen-bond donors (Lipinski definition) is 1. The van der Waals surface area contributed by atoms with Gasteiger partial charge >= 0.3 is 0 Å². The Labute approximate surface area is 160 Å². The molecule has 0 atom stereocenters. The lowest BCUT2D eigenvalue weighted by Crippen LogP contribution is -3.00. The summed E-state index contributed by atoms with van der Waals surface area (Å²) in [5.41, 5.74) is 0. The highest BCUT2D eigenvalue weighted by atomic mass is 79.9. The van der Waals surface area contributed by atoms with Crippen LogP contribution in [0.15, 0.2) is 24.5 Å². The van der Waals surface area contributed by atoms with Crippen LogP contribution in [0.4, 0.5) is 0 Å². The van der Waals surface area contributed by atoms with Gasteiger partial charge in [-0.1, -0.05) is 84.0 Å². The molecule has 0 spiro atoms. The van der Waals surface area contributed by atoms with Crippen LogP contribution in [0, 0.1) is 0 Å². The fraction of sp³-hybridized carbons (Fsp3) is 0.762. The molecule has 0 saturated carbocycles. The van der Waals surface area contributed by atoms with Gasteiger partial charge in [-0.3, -0.25) is 0 Å². The van der Waals surface area contributed by atoms with Crippen molar-refractivity contribution in [2.75, 3.05) is 0 Å². The molecule has 1 rings (SSSR count). The van der Waals surface area contributed by atoms with Gasteiger partial charge in [-0.15, -0.1) is 0 Å². The van der Waals surface area contributed by atoms with Crippen molar-refractivity contribution in [3.8, 4) is 5.75 Å². The van der Waals surface area contributed by atoms with Crippen molar-refractivity contribution in [2.24, 2.45) is 0 Å². The maximum Gasteiger partial charge on any atom is 0.172 e. The quantitative estimate of drug-likeness (QED) is 0.355. The van der Waals surface area contributed by atoms with Gasteiger partial charge in [0.25, 0.3) is 0 Å². The third kappa shape index (κ3) is 13.8. The Morgan fingerprint density at radius 1 is 0.667 bits per heavy atom. The van der Waals surface area contributed by atoms with Gasteiger partial charge in [-0.05, 0) is 6.42 Å². The van der Waals surface area contributed by atoms with E-state index in [9.17, 15) is 5.11 Å². The molecule has 0 saturated heterocycles. The van der Waals surface area contributed by atoms with Gasteiger partial charge in [0.2, 0.25) is 0 Å². The molecule has 3 heteroatoms. The Bertz CT molecular complexity index is 367. The minimum Gasteiger partial charge on any atom is -1.00 e. The second kappa shape index (κ2) is 17.3. The topological polar surface area (TPSA) is 24.1 Å². The molecular formula is C21H38BrNO. The molecule has 2 nitrogen and oxygen atoms in total. The molecule has 0 aliphatic carbocycles. The average molecular weight is 400 g/mol. The number of hydrogen-bond acceptors (Lipinski definition) is 1. The summed E-state index contributed by atoms with van der Waals surface area (Å²) in [4.78, 5) is 0. The van der Waals surface area contributed by atoms with Gasteiger partial charge in [0.15, 0.2) is 12.4 Å². The smallest absolute Gasteiger partial charge is 0.172 e. The molecule has 140 valence electrons. The molecule has 0 aliphatic heterocycles. The predicted molar refractivity (Wildman–Crippen MR) is 98.6 cm³/mol. The van der Waals surface area contributed by atoms with E-state index >= 15 is 0 Å². The maximum atomic E-state index is 9.24. The Morgan fingerprint density at radius 3 is 1.46 bits per heavy atom. The van der Waals surface area contributed by atoms with Gasteiger partial charge in [0, 0.05) is 18.6 Å². The Kier molecular flexibility index (Phi) is 16.8. The largest absolute Gasteiger partial charge is 1.00 e. The SMILES string of the molecule is CCCCCCCCCCCCCCCC[n+]1ccc(O)cc1.[Br-]. The van der Waals surface area contributed by atoms with Crippen LogP contribution >= 0.6 is 0 Å². The van der Waals surface area contributed by atoms with E-state index in [-0.39, 0.29) is 17.0 Å². The first kappa shape index (κ1) is 23.4. The minimum atomic E-state index is 0. The van der Waals surface area contributed by atoms with E-state index in [0.29, 0.717) is 5.75 Å². The van der Waals surface area contributed by atoms with Crippen molar-refractivity contribution in [1.29, 1.82) is 0 Å². The number of pyridine rings is 1. The highest BCUT2D eigenvalue weighted by Crippen LogP contribution is 2.12. The lowest BCUT2D eigenvalue weighted by molar-refractivity contribution is -0.697. The van der Waals surface area contributed by atoms with Crippen LogP contribution in [0.25, 0.3) is 0 Å². The van der Waals surface area contributed by atoms with E-state index in [4.69, 9.17) is 0 Å². The summed E-state index contributed by atoms with van der Waals surface area (Å²) in [6.45, 7) is 3.35. The predicted octanol–water partition coefficient (Wildman–Crippen LogP) is 3.17. The van der Waals surface area contributed by atoms with Gasteiger partial charge < -0.3 is 22.1 Å². The van der Waals surface area contributed by atoms with E-state index in [0.717, 1.165) is 6.54 Å². The number of aromatic hydroxyl groups is 1. The highest BCUT2D eigenvalue weighted by Gasteiger charge is 2.00. The standard InChI is InChI=1S/C21H37NO.BrH/c1-2-3-4-5-6-7-8-9-10-11-12-13-14-15-18-22-19-16-21(23)17-20-22;/h16-17,19-20H,2-15,18H2,1H3;1H. The lowest BCUT2D eigenvalue weighted by atomic mass is 10.0. The van der Waals surface area contributed by atoms with Gasteiger partial charge in [-0.2, -0.15) is 0 Å².